The molecule has 4 heteroatoms. The number of unbranched alkanes of at least 4 members (excludes halogenated alkanes) is 2. The van der Waals surface area contributed by atoms with Gasteiger partial charge in [0.25, 0.3) is 0 Å². The number of ether oxygens (including phenoxy) is 1. The van der Waals surface area contributed by atoms with E-state index >= 15 is 0 Å². The highest BCUT2D eigenvalue weighted by Gasteiger charge is 2.31. The normalized spacial score (nSPS) is 14.5. The van der Waals surface area contributed by atoms with Crippen LogP contribution in [0.1, 0.15) is 39.0 Å². The molecule has 0 heterocycles. The highest BCUT2D eigenvalue weighted by molar-refractivity contribution is 4.63. The molecule has 1 nitrogen and oxygen atoms in total. The Morgan fingerprint density at radius 3 is 2.23 bits per heavy atom. The quantitative estimate of drug-likeness (QED) is 0.593. The zero-order valence-electron chi connectivity index (χ0n) is 8.16. The molecule has 0 saturated carbocycles. The van der Waals surface area contributed by atoms with Crippen LogP contribution in [0.3, 0.4) is 0 Å². The van der Waals surface area contributed by atoms with Gasteiger partial charge in [0.2, 0.25) is 0 Å². The van der Waals surface area contributed by atoms with Gasteiger partial charge >= 0.3 is 6.18 Å². The van der Waals surface area contributed by atoms with Gasteiger partial charge in [-0.15, -0.1) is 0 Å². The molecular formula is C9H17F3O. The predicted octanol–water partition coefficient (Wildman–Crippen LogP) is 3.53. The van der Waals surface area contributed by atoms with Gasteiger partial charge in [-0.05, 0) is 6.42 Å². The van der Waals surface area contributed by atoms with Gasteiger partial charge in [-0.25, -0.2) is 0 Å². The van der Waals surface area contributed by atoms with Crippen molar-refractivity contribution in [3.05, 3.63) is 0 Å². The first kappa shape index (κ1) is 12.8. The largest absolute Gasteiger partial charge is 0.391 e. The van der Waals surface area contributed by atoms with Crippen LogP contribution in [0, 0.1) is 0 Å². The fourth-order valence-electron chi connectivity index (χ4n) is 1.18. The number of hydrogen-bond donors (Lipinski definition) is 0. The summed E-state index contributed by atoms with van der Waals surface area (Å²) in [5.74, 6) is 0. The Bertz CT molecular complexity index is 123. The van der Waals surface area contributed by atoms with Crippen LogP contribution in [0.2, 0.25) is 0 Å². The maximum absolute atomic E-state index is 11.9. The van der Waals surface area contributed by atoms with E-state index in [4.69, 9.17) is 4.74 Å². The molecular weight excluding hydrogens is 181 g/mol. The number of methoxy groups -OCH3 is 1. The third-order valence-electron chi connectivity index (χ3n) is 1.92. The summed E-state index contributed by atoms with van der Waals surface area (Å²) in [6.07, 6.45) is -2.29. The molecule has 0 aromatic heterocycles. The molecule has 0 fully saturated rings. The van der Waals surface area contributed by atoms with Crippen LogP contribution in [0.25, 0.3) is 0 Å². The zero-order chi connectivity index (χ0) is 10.3. The molecule has 0 N–H and O–H groups in total. The lowest BCUT2D eigenvalue weighted by Crippen LogP contribution is -2.21. The standard InChI is InChI=1S/C9H17F3O/c1-3-4-5-6-8(13-2)7-9(10,11)12/h8H,3-7H2,1-2H3. The van der Waals surface area contributed by atoms with Crippen molar-refractivity contribution in [3.8, 4) is 0 Å². The Morgan fingerprint density at radius 2 is 1.85 bits per heavy atom. The molecule has 1 unspecified atom stereocenters. The number of halogens is 3. The average molecular weight is 198 g/mol. The van der Waals surface area contributed by atoms with Crippen LogP contribution in [0.15, 0.2) is 0 Å². The van der Waals surface area contributed by atoms with Crippen molar-refractivity contribution in [1.82, 2.24) is 0 Å². The minimum Gasteiger partial charge on any atom is -0.381 e. The van der Waals surface area contributed by atoms with Gasteiger partial charge in [-0.2, -0.15) is 13.2 Å². The molecule has 0 aliphatic heterocycles. The summed E-state index contributed by atoms with van der Waals surface area (Å²) in [5, 5.41) is 0. The van der Waals surface area contributed by atoms with E-state index in [2.05, 4.69) is 0 Å². The van der Waals surface area contributed by atoms with Gasteiger partial charge in [0, 0.05) is 7.11 Å². The van der Waals surface area contributed by atoms with E-state index in [1.807, 2.05) is 6.92 Å². The molecule has 13 heavy (non-hydrogen) atoms. The van der Waals surface area contributed by atoms with Gasteiger partial charge in [0.05, 0.1) is 12.5 Å². The van der Waals surface area contributed by atoms with E-state index in [0.29, 0.717) is 6.42 Å². The summed E-state index contributed by atoms with van der Waals surface area (Å²) in [6, 6.07) is 0. The molecule has 0 aromatic rings. The van der Waals surface area contributed by atoms with Crippen LogP contribution in [-0.2, 0) is 4.74 Å². The summed E-state index contributed by atoms with van der Waals surface area (Å²) in [6.45, 7) is 2.02. The molecule has 0 bridgehead atoms. The molecule has 0 amide bonds. The molecule has 0 aliphatic carbocycles. The first-order valence-corrected chi connectivity index (χ1v) is 4.59. The molecule has 0 spiro atoms. The summed E-state index contributed by atoms with van der Waals surface area (Å²) < 4.78 is 40.5. The molecule has 80 valence electrons. The van der Waals surface area contributed by atoms with Crippen molar-refractivity contribution < 1.29 is 17.9 Å². The summed E-state index contributed by atoms with van der Waals surface area (Å²) in [7, 11) is 1.34. The Kier molecular flexibility index (Phi) is 6.12. The monoisotopic (exact) mass is 198 g/mol. The first-order chi connectivity index (χ1) is 5.99. The van der Waals surface area contributed by atoms with Crippen molar-refractivity contribution in [2.75, 3.05) is 7.11 Å². The van der Waals surface area contributed by atoms with Gasteiger partial charge in [0.15, 0.2) is 0 Å². The van der Waals surface area contributed by atoms with Gasteiger partial charge in [-0.1, -0.05) is 26.2 Å². The summed E-state index contributed by atoms with van der Waals surface area (Å²) >= 11 is 0. The fourth-order valence-corrected chi connectivity index (χ4v) is 1.18. The van der Waals surface area contributed by atoms with Gasteiger partial charge in [-0.3, -0.25) is 0 Å². The molecule has 1 atom stereocenters. The number of rotatable bonds is 6. The molecule has 0 aliphatic rings. The van der Waals surface area contributed by atoms with Crippen molar-refractivity contribution in [2.45, 2.75) is 51.3 Å². The number of hydrogen-bond acceptors (Lipinski definition) is 1. The van der Waals surface area contributed by atoms with Crippen molar-refractivity contribution in [2.24, 2.45) is 0 Å². The SMILES string of the molecule is CCCCCC(CC(F)(F)F)OC. The Hall–Kier alpha value is -0.250. The second kappa shape index (κ2) is 6.24. The lowest BCUT2D eigenvalue weighted by atomic mass is 10.1. The van der Waals surface area contributed by atoms with Crippen LogP contribution in [-0.4, -0.2) is 19.4 Å². The minimum absolute atomic E-state index is 0.504. The highest BCUT2D eigenvalue weighted by atomic mass is 19.4. The number of alkyl halides is 3. The zero-order valence-corrected chi connectivity index (χ0v) is 8.16. The Labute approximate surface area is 77.3 Å². The predicted molar refractivity (Wildman–Crippen MR) is 45.6 cm³/mol. The topological polar surface area (TPSA) is 9.23 Å². The Morgan fingerprint density at radius 1 is 1.23 bits per heavy atom. The van der Waals surface area contributed by atoms with Crippen LogP contribution in [0.5, 0.6) is 0 Å². The van der Waals surface area contributed by atoms with Gasteiger partial charge < -0.3 is 4.74 Å². The molecule has 0 rings (SSSR count). The van der Waals surface area contributed by atoms with Gasteiger partial charge in [0.1, 0.15) is 0 Å². The highest BCUT2D eigenvalue weighted by Crippen LogP contribution is 2.25. The van der Waals surface area contributed by atoms with E-state index in [9.17, 15) is 13.2 Å². The maximum atomic E-state index is 11.9. The van der Waals surface area contributed by atoms with Crippen molar-refractivity contribution in [3.63, 3.8) is 0 Å². The Balaban J connectivity index is 3.63. The first-order valence-electron chi connectivity index (χ1n) is 4.59. The van der Waals surface area contributed by atoms with Crippen LogP contribution in [0.4, 0.5) is 13.2 Å². The molecule has 0 radical (unpaired) electrons. The second-order valence-corrected chi connectivity index (χ2v) is 3.17. The summed E-state index contributed by atoms with van der Waals surface area (Å²) in [4.78, 5) is 0. The third kappa shape index (κ3) is 8.09. The smallest absolute Gasteiger partial charge is 0.381 e. The van der Waals surface area contributed by atoms with E-state index in [1.165, 1.54) is 7.11 Å². The molecule has 0 aromatic carbocycles. The lowest BCUT2D eigenvalue weighted by molar-refractivity contribution is -0.158. The van der Waals surface area contributed by atoms with E-state index in [0.717, 1.165) is 19.3 Å². The van der Waals surface area contributed by atoms with Crippen LogP contribution < -0.4 is 0 Å². The van der Waals surface area contributed by atoms with Crippen molar-refractivity contribution >= 4 is 0 Å². The van der Waals surface area contributed by atoms with Crippen molar-refractivity contribution in [1.29, 1.82) is 0 Å². The summed E-state index contributed by atoms with van der Waals surface area (Å²) in [5.41, 5.74) is 0. The third-order valence-corrected chi connectivity index (χ3v) is 1.92. The maximum Gasteiger partial charge on any atom is 0.391 e. The molecule has 0 saturated heterocycles. The minimum atomic E-state index is -4.10. The average Bonchev–Trinajstić information content (AvgIpc) is 2.01. The lowest BCUT2D eigenvalue weighted by Gasteiger charge is -2.16. The fraction of sp³-hybridized carbons (Fsp3) is 1.00. The van der Waals surface area contributed by atoms with Crippen LogP contribution >= 0.6 is 0 Å². The van der Waals surface area contributed by atoms with E-state index < -0.39 is 18.7 Å². The van der Waals surface area contributed by atoms with E-state index in [-0.39, 0.29) is 0 Å². The van der Waals surface area contributed by atoms with E-state index in [1.54, 1.807) is 0 Å². The second-order valence-electron chi connectivity index (χ2n) is 3.17.